The first kappa shape index (κ1) is 24.4. The van der Waals surface area contributed by atoms with Crippen molar-refractivity contribution in [2.45, 2.75) is 24.7 Å². The van der Waals surface area contributed by atoms with Gasteiger partial charge in [-0.25, -0.2) is 12.8 Å². The summed E-state index contributed by atoms with van der Waals surface area (Å²) in [7, 11) is -3.16. The minimum atomic E-state index is -3.16. The Labute approximate surface area is 183 Å². The molecule has 8 heteroatoms. The third-order valence-electron chi connectivity index (χ3n) is 3.99. The fourth-order valence-electron chi connectivity index (χ4n) is 2.52. The van der Waals surface area contributed by atoms with Crippen LogP contribution >= 0.6 is 24.0 Å². The van der Waals surface area contributed by atoms with Crippen LogP contribution in [-0.4, -0.2) is 40.3 Å². The summed E-state index contributed by atoms with van der Waals surface area (Å²) in [6.07, 6.45) is 2.70. The fraction of sp³-hybridized carbons (Fsp3) is 0.350. The first-order valence-corrected chi connectivity index (χ1v) is 10.8. The lowest BCUT2D eigenvalue weighted by Gasteiger charge is -2.11. The van der Waals surface area contributed by atoms with Crippen LogP contribution in [0.4, 0.5) is 4.39 Å². The molecule has 0 bridgehead atoms. The highest BCUT2D eigenvalue weighted by atomic mass is 127. The second-order valence-corrected chi connectivity index (χ2v) is 8.25. The van der Waals surface area contributed by atoms with E-state index in [0.717, 1.165) is 36.5 Å². The zero-order valence-electron chi connectivity index (χ0n) is 16.1. The van der Waals surface area contributed by atoms with E-state index in [1.54, 1.807) is 24.3 Å². The molecule has 0 amide bonds. The normalized spacial score (nSPS) is 11.6. The van der Waals surface area contributed by atoms with Gasteiger partial charge in [-0.1, -0.05) is 24.3 Å². The average molecular weight is 519 g/mol. The van der Waals surface area contributed by atoms with Crippen LogP contribution < -0.4 is 10.6 Å². The molecule has 0 aliphatic rings. The molecule has 2 aromatic rings. The van der Waals surface area contributed by atoms with Crippen molar-refractivity contribution in [3.8, 4) is 0 Å². The minimum Gasteiger partial charge on any atom is -0.357 e. The third kappa shape index (κ3) is 8.55. The zero-order chi connectivity index (χ0) is 19.7. The number of guanidine groups is 1. The Morgan fingerprint density at radius 2 is 1.54 bits per heavy atom. The Hall–Kier alpha value is -1.68. The van der Waals surface area contributed by atoms with E-state index in [0.29, 0.717) is 18.0 Å². The fourth-order valence-corrected chi connectivity index (χ4v) is 3.15. The molecular weight excluding hydrogens is 492 g/mol. The number of aliphatic imine (C=N–C) groups is 1. The maximum absolute atomic E-state index is 12.9. The van der Waals surface area contributed by atoms with E-state index in [1.807, 2.05) is 19.1 Å². The van der Waals surface area contributed by atoms with Crippen LogP contribution in [0.5, 0.6) is 0 Å². The quantitative estimate of drug-likeness (QED) is 0.320. The largest absolute Gasteiger partial charge is 0.357 e. The molecule has 0 saturated heterocycles. The van der Waals surface area contributed by atoms with E-state index >= 15 is 0 Å². The van der Waals surface area contributed by atoms with Gasteiger partial charge >= 0.3 is 0 Å². The lowest BCUT2D eigenvalue weighted by Crippen LogP contribution is -2.38. The van der Waals surface area contributed by atoms with Gasteiger partial charge in [-0.05, 0) is 55.2 Å². The summed E-state index contributed by atoms with van der Waals surface area (Å²) in [4.78, 5) is 4.86. The highest BCUT2D eigenvalue weighted by Gasteiger charge is 2.06. The summed E-state index contributed by atoms with van der Waals surface area (Å²) in [5.41, 5.74) is 2.10. The first-order valence-electron chi connectivity index (χ1n) is 8.94. The van der Waals surface area contributed by atoms with Gasteiger partial charge in [-0.15, -0.1) is 24.0 Å². The number of benzene rings is 2. The van der Waals surface area contributed by atoms with Crippen LogP contribution in [0.15, 0.2) is 58.4 Å². The summed E-state index contributed by atoms with van der Waals surface area (Å²) in [5.74, 6) is 0.495. The molecule has 0 saturated carbocycles. The minimum absolute atomic E-state index is 0. The second-order valence-electron chi connectivity index (χ2n) is 6.23. The molecule has 0 heterocycles. The zero-order valence-corrected chi connectivity index (χ0v) is 19.3. The molecular formula is C20H27FIN3O2S. The third-order valence-corrected chi connectivity index (χ3v) is 5.11. The van der Waals surface area contributed by atoms with Crippen LogP contribution in [-0.2, 0) is 22.7 Å². The van der Waals surface area contributed by atoms with E-state index in [9.17, 15) is 12.8 Å². The lowest BCUT2D eigenvalue weighted by molar-refractivity contribution is 0.602. The highest BCUT2D eigenvalue weighted by molar-refractivity contribution is 14.0. The van der Waals surface area contributed by atoms with Gasteiger partial charge in [0.2, 0.25) is 0 Å². The van der Waals surface area contributed by atoms with Gasteiger partial charge in [-0.3, -0.25) is 4.99 Å². The Morgan fingerprint density at radius 3 is 2.11 bits per heavy atom. The van der Waals surface area contributed by atoms with Crippen LogP contribution in [0.1, 0.15) is 18.1 Å². The second kappa shape index (κ2) is 12.0. The SMILES string of the molecule is CCNC(=NCCc1ccc(F)cc1)NCCc1ccc(S(C)(=O)=O)cc1.I. The molecule has 2 aromatic carbocycles. The van der Waals surface area contributed by atoms with Gasteiger partial charge in [-0.2, -0.15) is 0 Å². The Balaban J connectivity index is 0.00000392. The maximum atomic E-state index is 12.9. The molecule has 0 aliphatic heterocycles. The van der Waals surface area contributed by atoms with Crippen LogP contribution in [0.3, 0.4) is 0 Å². The van der Waals surface area contributed by atoms with Crippen molar-refractivity contribution in [1.29, 1.82) is 0 Å². The lowest BCUT2D eigenvalue weighted by atomic mass is 10.1. The van der Waals surface area contributed by atoms with Crippen LogP contribution in [0, 0.1) is 5.82 Å². The van der Waals surface area contributed by atoms with Gasteiger partial charge in [0.1, 0.15) is 5.82 Å². The number of nitrogens with zero attached hydrogens (tertiary/aromatic N) is 1. The number of hydrogen-bond acceptors (Lipinski definition) is 3. The van der Waals surface area contributed by atoms with Gasteiger partial charge in [0.05, 0.1) is 4.90 Å². The van der Waals surface area contributed by atoms with E-state index in [1.165, 1.54) is 18.4 Å². The molecule has 0 aromatic heterocycles. The molecule has 2 rings (SSSR count). The highest BCUT2D eigenvalue weighted by Crippen LogP contribution is 2.10. The number of sulfone groups is 1. The molecule has 2 N–H and O–H groups in total. The number of rotatable bonds is 8. The standard InChI is InChI=1S/C20H26FN3O2S.HI/c1-3-22-20(23-14-12-16-4-8-18(21)9-5-16)24-15-13-17-6-10-19(11-7-17)27(2,25)26;/h4-11H,3,12-15H2,1-2H3,(H2,22,23,24);1H. The predicted molar refractivity (Wildman–Crippen MR) is 123 cm³/mol. The molecule has 5 nitrogen and oxygen atoms in total. The number of halogens is 2. The van der Waals surface area contributed by atoms with E-state index in [-0.39, 0.29) is 29.8 Å². The van der Waals surface area contributed by atoms with Gasteiger partial charge in [0, 0.05) is 25.9 Å². The van der Waals surface area contributed by atoms with E-state index in [4.69, 9.17) is 0 Å². The molecule has 28 heavy (non-hydrogen) atoms. The van der Waals surface area contributed by atoms with Crippen molar-refractivity contribution in [3.05, 3.63) is 65.5 Å². The summed E-state index contributed by atoms with van der Waals surface area (Å²) < 4.78 is 35.9. The average Bonchev–Trinajstić information content (AvgIpc) is 2.63. The van der Waals surface area contributed by atoms with Crippen LogP contribution in [0.25, 0.3) is 0 Å². The van der Waals surface area contributed by atoms with Crippen molar-refractivity contribution in [2.24, 2.45) is 4.99 Å². The van der Waals surface area contributed by atoms with Crippen molar-refractivity contribution >= 4 is 39.8 Å². The predicted octanol–water partition coefficient (Wildman–Crippen LogP) is 3.19. The Morgan fingerprint density at radius 1 is 0.964 bits per heavy atom. The Bertz CT molecular complexity index is 854. The van der Waals surface area contributed by atoms with Gasteiger partial charge < -0.3 is 10.6 Å². The Kier molecular flexibility index (Phi) is 10.4. The summed E-state index contributed by atoms with van der Waals surface area (Å²) in [5, 5.41) is 6.46. The van der Waals surface area contributed by atoms with E-state index < -0.39 is 9.84 Å². The molecule has 154 valence electrons. The molecule has 0 fully saturated rings. The van der Waals surface area contributed by atoms with Crippen molar-refractivity contribution in [3.63, 3.8) is 0 Å². The molecule has 0 radical (unpaired) electrons. The summed E-state index contributed by atoms with van der Waals surface area (Å²) in [6, 6.07) is 13.4. The van der Waals surface area contributed by atoms with Crippen molar-refractivity contribution in [1.82, 2.24) is 10.6 Å². The smallest absolute Gasteiger partial charge is 0.191 e. The number of hydrogen-bond donors (Lipinski definition) is 2. The van der Waals surface area contributed by atoms with Gasteiger partial charge in [0.15, 0.2) is 15.8 Å². The van der Waals surface area contributed by atoms with Gasteiger partial charge in [0.25, 0.3) is 0 Å². The van der Waals surface area contributed by atoms with Crippen LogP contribution in [0.2, 0.25) is 0 Å². The first-order chi connectivity index (χ1) is 12.9. The topological polar surface area (TPSA) is 70.6 Å². The molecule has 0 unspecified atom stereocenters. The molecule has 0 spiro atoms. The van der Waals surface area contributed by atoms with E-state index in [2.05, 4.69) is 15.6 Å². The van der Waals surface area contributed by atoms with Crippen molar-refractivity contribution in [2.75, 3.05) is 25.9 Å². The molecule has 0 aliphatic carbocycles. The van der Waals surface area contributed by atoms with Crippen molar-refractivity contribution < 1.29 is 12.8 Å². The molecule has 0 atom stereocenters. The number of nitrogens with one attached hydrogen (secondary N) is 2. The monoisotopic (exact) mass is 519 g/mol. The summed E-state index contributed by atoms with van der Waals surface area (Å²) in [6.45, 7) is 4.04. The summed E-state index contributed by atoms with van der Waals surface area (Å²) >= 11 is 0. The maximum Gasteiger partial charge on any atom is 0.191 e.